The van der Waals surface area contributed by atoms with Crippen molar-refractivity contribution in [3.05, 3.63) is 47.8 Å². The van der Waals surface area contributed by atoms with Gasteiger partial charge in [0, 0.05) is 12.6 Å². The van der Waals surface area contributed by atoms with Crippen molar-refractivity contribution in [3.63, 3.8) is 0 Å². The Kier molecular flexibility index (Phi) is 9.11. The van der Waals surface area contributed by atoms with Crippen LogP contribution in [0.5, 0.6) is 0 Å². The summed E-state index contributed by atoms with van der Waals surface area (Å²) >= 11 is 0. The van der Waals surface area contributed by atoms with E-state index in [0.717, 1.165) is 37.6 Å². The third kappa shape index (κ3) is 7.73. The average Bonchev–Trinajstić information content (AvgIpc) is 2.67. The molecule has 0 radical (unpaired) electrons. The van der Waals surface area contributed by atoms with Gasteiger partial charge < -0.3 is 16.0 Å². The van der Waals surface area contributed by atoms with E-state index in [1.807, 2.05) is 6.92 Å². The molecule has 9 heteroatoms. The van der Waals surface area contributed by atoms with Crippen molar-refractivity contribution in [3.8, 4) is 0 Å². The normalized spacial score (nSPS) is 11.6. The molecule has 0 spiro atoms. The summed E-state index contributed by atoms with van der Waals surface area (Å²) in [5, 5.41) is 8.41. The summed E-state index contributed by atoms with van der Waals surface area (Å²) in [5.74, 6) is -1.64. The number of aromatic nitrogens is 2. The summed E-state index contributed by atoms with van der Waals surface area (Å²) in [7, 11) is 0. The topological polar surface area (TPSA) is 96.0 Å². The van der Waals surface area contributed by atoms with Gasteiger partial charge in [0.15, 0.2) is 5.82 Å². The van der Waals surface area contributed by atoms with E-state index in [2.05, 4.69) is 32.8 Å². The van der Waals surface area contributed by atoms with Crippen molar-refractivity contribution in [2.75, 3.05) is 17.2 Å². The molecule has 2 rings (SSSR count). The molecule has 30 heavy (non-hydrogen) atoms. The van der Waals surface area contributed by atoms with Crippen LogP contribution in [-0.2, 0) is 16.0 Å². The van der Waals surface area contributed by atoms with Gasteiger partial charge in [-0.3, -0.25) is 14.6 Å². The lowest BCUT2D eigenvalue weighted by molar-refractivity contribution is -0.126. The monoisotopic (exact) mass is 419 g/mol. The quantitative estimate of drug-likeness (QED) is 0.485. The molecule has 0 saturated carbocycles. The van der Waals surface area contributed by atoms with Crippen molar-refractivity contribution < 1.29 is 18.4 Å². The van der Waals surface area contributed by atoms with E-state index < -0.39 is 29.5 Å². The Morgan fingerprint density at radius 3 is 2.40 bits per heavy atom. The van der Waals surface area contributed by atoms with Crippen LogP contribution in [0.4, 0.5) is 20.4 Å². The molecule has 0 aliphatic rings. The SMILES string of the molecule is CCCCNc1cncc(NC(=O)C(CCC)NC(=O)Cc2cc(F)cc(F)c2)n1. The highest BCUT2D eigenvalue weighted by Gasteiger charge is 2.21. The van der Waals surface area contributed by atoms with Crippen molar-refractivity contribution >= 4 is 23.5 Å². The number of amides is 2. The zero-order chi connectivity index (χ0) is 21.9. The number of hydrogen-bond acceptors (Lipinski definition) is 5. The molecule has 1 aromatic heterocycles. The van der Waals surface area contributed by atoms with Crippen LogP contribution in [0.1, 0.15) is 45.1 Å². The maximum atomic E-state index is 13.3. The molecule has 1 unspecified atom stereocenters. The second-order valence-electron chi connectivity index (χ2n) is 6.92. The second-order valence-corrected chi connectivity index (χ2v) is 6.92. The number of benzene rings is 1. The van der Waals surface area contributed by atoms with Crippen molar-refractivity contribution in [1.29, 1.82) is 0 Å². The molecule has 0 aliphatic heterocycles. The summed E-state index contributed by atoms with van der Waals surface area (Å²) in [4.78, 5) is 33.3. The van der Waals surface area contributed by atoms with Crippen LogP contribution < -0.4 is 16.0 Å². The predicted molar refractivity (Wildman–Crippen MR) is 111 cm³/mol. The molecular weight excluding hydrogens is 392 g/mol. The van der Waals surface area contributed by atoms with Gasteiger partial charge in [-0.1, -0.05) is 26.7 Å². The Morgan fingerprint density at radius 1 is 1.03 bits per heavy atom. The number of unbranched alkanes of at least 4 members (excludes halogenated alkanes) is 1. The number of hydrogen-bond donors (Lipinski definition) is 3. The molecule has 1 atom stereocenters. The molecule has 0 aliphatic carbocycles. The number of anilines is 2. The number of carbonyl (C=O) groups excluding carboxylic acids is 2. The fourth-order valence-corrected chi connectivity index (χ4v) is 2.82. The van der Waals surface area contributed by atoms with Crippen LogP contribution in [0.2, 0.25) is 0 Å². The molecular formula is C21H27F2N5O2. The first kappa shape index (κ1) is 23.2. The minimum absolute atomic E-state index is 0.192. The summed E-state index contributed by atoms with van der Waals surface area (Å²) in [6.07, 6.45) is 5.82. The van der Waals surface area contributed by atoms with Crippen molar-refractivity contribution in [2.45, 2.75) is 52.0 Å². The molecule has 1 heterocycles. The summed E-state index contributed by atoms with van der Waals surface area (Å²) in [6.45, 7) is 4.71. The molecule has 2 aromatic rings. The first-order chi connectivity index (χ1) is 14.4. The predicted octanol–water partition coefficient (Wildman–Crippen LogP) is 3.43. The summed E-state index contributed by atoms with van der Waals surface area (Å²) in [6, 6.07) is 2.11. The minimum Gasteiger partial charge on any atom is -0.369 e. The number of nitrogens with zero attached hydrogens (tertiary/aromatic N) is 2. The number of halogens is 2. The van der Waals surface area contributed by atoms with E-state index >= 15 is 0 Å². The fourth-order valence-electron chi connectivity index (χ4n) is 2.82. The smallest absolute Gasteiger partial charge is 0.248 e. The molecule has 0 bridgehead atoms. The Labute approximate surface area is 174 Å². The van der Waals surface area contributed by atoms with E-state index in [4.69, 9.17) is 0 Å². The van der Waals surface area contributed by atoms with Crippen molar-refractivity contribution in [2.24, 2.45) is 0 Å². The van der Waals surface area contributed by atoms with Gasteiger partial charge in [0.05, 0.1) is 18.8 Å². The van der Waals surface area contributed by atoms with Crippen LogP contribution in [0, 0.1) is 11.6 Å². The number of carbonyl (C=O) groups is 2. The van der Waals surface area contributed by atoms with Gasteiger partial charge in [0.1, 0.15) is 23.5 Å². The van der Waals surface area contributed by atoms with Crippen LogP contribution in [0.15, 0.2) is 30.6 Å². The van der Waals surface area contributed by atoms with E-state index in [9.17, 15) is 18.4 Å². The first-order valence-corrected chi connectivity index (χ1v) is 10.0. The number of nitrogens with one attached hydrogen (secondary N) is 3. The number of rotatable bonds is 11. The zero-order valence-electron chi connectivity index (χ0n) is 17.2. The Bertz CT molecular complexity index is 843. The van der Waals surface area contributed by atoms with E-state index in [0.29, 0.717) is 18.7 Å². The van der Waals surface area contributed by atoms with Crippen LogP contribution in [0.25, 0.3) is 0 Å². The lowest BCUT2D eigenvalue weighted by Gasteiger charge is -2.18. The molecule has 7 nitrogen and oxygen atoms in total. The summed E-state index contributed by atoms with van der Waals surface area (Å²) < 4.78 is 26.6. The molecule has 162 valence electrons. The molecule has 3 N–H and O–H groups in total. The maximum absolute atomic E-state index is 13.3. The first-order valence-electron chi connectivity index (χ1n) is 10.0. The zero-order valence-corrected chi connectivity index (χ0v) is 17.2. The van der Waals surface area contributed by atoms with Gasteiger partial charge in [-0.05, 0) is 30.5 Å². The third-order valence-corrected chi connectivity index (χ3v) is 4.24. The van der Waals surface area contributed by atoms with Gasteiger partial charge >= 0.3 is 0 Å². The summed E-state index contributed by atoms with van der Waals surface area (Å²) in [5.41, 5.74) is 0.192. The standard InChI is InChI=1S/C21H27F2N5O2/c1-3-5-7-25-18-12-24-13-19(27-18)28-21(30)17(6-4-2)26-20(29)10-14-8-15(22)11-16(23)9-14/h8-9,11-13,17H,3-7,10H2,1-2H3,(H,26,29)(H2,25,27,28,30). The lowest BCUT2D eigenvalue weighted by Crippen LogP contribution is -2.44. The molecule has 2 amide bonds. The van der Waals surface area contributed by atoms with Gasteiger partial charge in [0.25, 0.3) is 0 Å². The maximum Gasteiger partial charge on any atom is 0.248 e. The largest absolute Gasteiger partial charge is 0.369 e. The van der Waals surface area contributed by atoms with Crippen LogP contribution in [-0.4, -0.2) is 34.4 Å². The second kappa shape index (κ2) is 11.8. The van der Waals surface area contributed by atoms with Gasteiger partial charge in [-0.25, -0.2) is 13.8 Å². The van der Waals surface area contributed by atoms with Gasteiger partial charge in [-0.15, -0.1) is 0 Å². The Balaban J connectivity index is 1.98. The van der Waals surface area contributed by atoms with Gasteiger partial charge in [-0.2, -0.15) is 0 Å². The molecule has 0 fully saturated rings. The van der Waals surface area contributed by atoms with E-state index in [-0.39, 0.29) is 17.8 Å². The minimum atomic E-state index is -0.806. The average molecular weight is 419 g/mol. The Morgan fingerprint density at radius 2 is 1.73 bits per heavy atom. The highest BCUT2D eigenvalue weighted by molar-refractivity contribution is 5.96. The van der Waals surface area contributed by atoms with Gasteiger partial charge in [0.2, 0.25) is 11.8 Å². The molecule has 0 saturated heterocycles. The van der Waals surface area contributed by atoms with Crippen molar-refractivity contribution in [1.82, 2.24) is 15.3 Å². The lowest BCUT2D eigenvalue weighted by atomic mass is 10.1. The highest BCUT2D eigenvalue weighted by Crippen LogP contribution is 2.11. The highest BCUT2D eigenvalue weighted by atomic mass is 19.1. The fraction of sp³-hybridized carbons (Fsp3) is 0.429. The van der Waals surface area contributed by atoms with E-state index in [1.165, 1.54) is 6.20 Å². The van der Waals surface area contributed by atoms with Crippen LogP contribution in [0.3, 0.4) is 0 Å². The molecule has 1 aromatic carbocycles. The van der Waals surface area contributed by atoms with Crippen LogP contribution >= 0.6 is 0 Å². The van der Waals surface area contributed by atoms with E-state index in [1.54, 1.807) is 6.20 Å². The third-order valence-electron chi connectivity index (χ3n) is 4.24. The Hall–Kier alpha value is -3.10.